The summed E-state index contributed by atoms with van der Waals surface area (Å²) in [7, 11) is 0. The van der Waals surface area contributed by atoms with Gasteiger partial charge < -0.3 is 10.2 Å². The number of aryl methyl sites for hydroxylation is 2. The summed E-state index contributed by atoms with van der Waals surface area (Å²) >= 11 is 0. The van der Waals surface area contributed by atoms with E-state index in [0.717, 1.165) is 36.0 Å². The molecule has 0 unspecified atom stereocenters. The van der Waals surface area contributed by atoms with Crippen LogP contribution in [0.25, 0.3) is 0 Å². The van der Waals surface area contributed by atoms with Gasteiger partial charge in [-0.05, 0) is 71.1 Å². The first kappa shape index (κ1) is 16.8. The van der Waals surface area contributed by atoms with E-state index in [1.807, 2.05) is 19.9 Å². The van der Waals surface area contributed by atoms with Crippen molar-refractivity contribution in [3.63, 3.8) is 0 Å². The van der Waals surface area contributed by atoms with Crippen LogP contribution in [0.3, 0.4) is 0 Å². The fraction of sp³-hybridized carbons (Fsp3) is 0.667. The Hall–Kier alpha value is -1.60. The molecular weight excluding hydrogens is 272 g/mol. The molecule has 1 aromatic heterocycles. The number of unbranched alkanes of at least 4 members (excludes halogenated alkanes) is 1. The van der Waals surface area contributed by atoms with E-state index in [2.05, 4.69) is 28.2 Å². The summed E-state index contributed by atoms with van der Waals surface area (Å²) in [5.41, 5.74) is 3.38. The molecule has 2 heterocycles. The highest BCUT2D eigenvalue weighted by atomic mass is 15.1. The van der Waals surface area contributed by atoms with Gasteiger partial charge in [0.1, 0.15) is 6.07 Å². The Morgan fingerprint density at radius 2 is 2.05 bits per heavy atom. The van der Waals surface area contributed by atoms with Crippen LogP contribution < -0.4 is 5.32 Å². The number of nitrogens with zero attached hydrogens (tertiary/aromatic N) is 3. The van der Waals surface area contributed by atoms with Crippen molar-refractivity contribution < 1.29 is 0 Å². The number of pyridine rings is 1. The number of hydrogen-bond acceptors (Lipinski definition) is 4. The van der Waals surface area contributed by atoms with E-state index >= 15 is 0 Å². The molecule has 1 fully saturated rings. The van der Waals surface area contributed by atoms with Crippen molar-refractivity contribution in [2.45, 2.75) is 46.5 Å². The minimum Gasteiger partial charge on any atom is -0.384 e. The van der Waals surface area contributed by atoms with Gasteiger partial charge in [0, 0.05) is 12.2 Å². The smallest absolute Gasteiger partial charge is 0.103 e. The molecule has 1 aliphatic rings. The predicted molar refractivity (Wildman–Crippen MR) is 91.0 cm³/mol. The van der Waals surface area contributed by atoms with E-state index in [1.165, 1.54) is 38.9 Å². The van der Waals surface area contributed by atoms with E-state index in [1.54, 1.807) is 0 Å². The Labute approximate surface area is 134 Å². The molecule has 0 amide bonds. The molecular formula is C18H28N4. The first-order chi connectivity index (χ1) is 10.6. The Kier molecular flexibility index (Phi) is 6.21. The number of hydrogen-bond donors (Lipinski definition) is 1. The standard InChI is InChI=1S/C18H28N4/c1-14-6-10-22(11-7-14)9-5-4-8-20-18-12-15(2)21-16(3)17(18)13-19/h12,14H,4-11H2,1-3H3,(H,20,21). The van der Waals surface area contributed by atoms with Gasteiger partial charge in [-0.2, -0.15) is 5.26 Å². The van der Waals surface area contributed by atoms with Crippen molar-refractivity contribution in [3.8, 4) is 6.07 Å². The maximum atomic E-state index is 9.25. The summed E-state index contributed by atoms with van der Waals surface area (Å²) in [5, 5.41) is 12.7. The highest BCUT2D eigenvalue weighted by Crippen LogP contribution is 2.19. The van der Waals surface area contributed by atoms with Gasteiger partial charge in [-0.15, -0.1) is 0 Å². The first-order valence-electron chi connectivity index (χ1n) is 8.44. The van der Waals surface area contributed by atoms with Gasteiger partial charge in [0.05, 0.1) is 16.9 Å². The second kappa shape index (κ2) is 8.14. The normalized spacial score (nSPS) is 16.5. The van der Waals surface area contributed by atoms with Crippen LogP contribution in [0.15, 0.2) is 6.07 Å². The zero-order valence-corrected chi connectivity index (χ0v) is 14.2. The Morgan fingerprint density at radius 3 is 2.73 bits per heavy atom. The van der Waals surface area contributed by atoms with Crippen LogP contribution in [0.2, 0.25) is 0 Å². The van der Waals surface area contributed by atoms with Crippen LogP contribution in [0, 0.1) is 31.1 Å². The summed E-state index contributed by atoms with van der Waals surface area (Å²) in [6.07, 6.45) is 5.04. The van der Waals surface area contributed by atoms with E-state index in [-0.39, 0.29) is 0 Å². The van der Waals surface area contributed by atoms with E-state index < -0.39 is 0 Å². The minimum atomic E-state index is 0.676. The van der Waals surface area contributed by atoms with Crippen LogP contribution in [0.4, 0.5) is 5.69 Å². The Morgan fingerprint density at radius 1 is 1.32 bits per heavy atom. The average Bonchev–Trinajstić information content (AvgIpc) is 2.48. The molecule has 1 aromatic rings. The second-order valence-corrected chi connectivity index (χ2v) is 6.54. The molecule has 1 N–H and O–H groups in total. The predicted octanol–water partition coefficient (Wildman–Crippen LogP) is 3.49. The lowest BCUT2D eigenvalue weighted by atomic mass is 9.99. The number of likely N-dealkylation sites (tertiary alicyclic amines) is 1. The topological polar surface area (TPSA) is 52.0 Å². The third kappa shape index (κ3) is 4.71. The van der Waals surface area contributed by atoms with Gasteiger partial charge in [-0.25, -0.2) is 0 Å². The fourth-order valence-corrected chi connectivity index (χ4v) is 3.08. The monoisotopic (exact) mass is 300 g/mol. The number of anilines is 1. The molecule has 0 bridgehead atoms. The third-order valence-corrected chi connectivity index (χ3v) is 4.53. The van der Waals surface area contributed by atoms with Crippen molar-refractivity contribution in [1.82, 2.24) is 9.88 Å². The van der Waals surface area contributed by atoms with E-state index in [9.17, 15) is 5.26 Å². The van der Waals surface area contributed by atoms with Crippen LogP contribution in [-0.4, -0.2) is 36.1 Å². The first-order valence-corrected chi connectivity index (χ1v) is 8.44. The lowest BCUT2D eigenvalue weighted by molar-refractivity contribution is 0.190. The number of aromatic nitrogens is 1. The Balaban J connectivity index is 1.72. The molecule has 0 atom stereocenters. The fourth-order valence-electron chi connectivity index (χ4n) is 3.08. The number of nitriles is 1. The second-order valence-electron chi connectivity index (χ2n) is 6.54. The zero-order chi connectivity index (χ0) is 15.9. The summed E-state index contributed by atoms with van der Waals surface area (Å²) in [6.45, 7) is 10.9. The zero-order valence-electron chi connectivity index (χ0n) is 14.2. The maximum Gasteiger partial charge on any atom is 0.103 e. The quantitative estimate of drug-likeness (QED) is 0.817. The minimum absolute atomic E-state index is 0.676. The van der Waals surface area contributed by atoms with Crippen molar-refractivity contribution in [1.29, 1.82) is 5.26 Å². The molecule has 4 heteroatoms. The van der Waals surface area contributed by atoms with Crippen molar-refractivity contribution in [2.75, 3.05) is 31.5 Å². The third-order valence-electron chi connectivity index (χ3n) is 4.53. The molecule has 0 aliphatic carbocycles. The Bertz CT molecular complexity index is 525. The van der Waals surface area contributed by atoms with E-state index in [4.69, 9.17) is 0 Å². The van der Waals surface area contributed by atoms with Gasteiger partial charge in [0.2, 0.25) is 0 Å². The van der Waals surface area contributed by atoms with Crippen LogP contribution in [-0.2, 0) is 0 Å². The lowest BCUT2D eigenvalue weighted by Crippen LogP contribution is -2.33. The highest BCUT2D eigenvalue weighted by Gasteiger charge is 2.14. The molecule has 0 radical (unpaired) electrons. The summed E-state index contributed by atoms with van der Waals surface area (Å²) in [6, 6.07) is 4.22. The van der Waals surface area contributed by atoms with Crippen molar-refractivity contribution in [2.24, 2.45) is 5.92 Å². The maximum absolute atomic E-state index is 9.25. The molecule has 22 heavy (non-hydrogen) atoms. The summed E-state index contributed by atoms with van der Waals surface area (Å²) in [4.78, 5) is 6.93. The van der Waals surface area contributed by atoms with Crippen molar-refractivity contribution in [3.05, 3.63) is 23.0 Å². The van der Waals surface area contributed by atoms with Gasteiger partial charge in [-0.3, -0.25) is 4.98 Å². The molecule has 2 rings (SSSR count). The molecule has 1 aliphatic heterocycles. The molecule has 0 spiro atoms. The average molecular weight is 300 g/mol. The molecule has 1 saturated heterocycles. The van der Waals surface area contributed by atoms with Crippen molar-refractivity contribution >= 4 is 5.69 Å². The molecule has 0 saturated carbocycles. The number of nitrogens with one attached hydrogen (secondary N) is 1. The molecule has 0 aromatic carbocycles. The van der Waals surface area contributed by atoms with Gasteiger partial charge >= 0.3 is 0 Å². The summed E-state index contributed by atoms with van der Waals surface area (Å²) in [5.74, 6) is 0.903. The number of rotatable bonds is 6. The van der Waals surface area contributed by atoms with Crippen LogP contribution in [0.5, 0.6) is 0 Å². The number of piperidine rings is 1. The summed E-state index contributed by atoms with van der Waals surface area (Å²) < 4.78 is 0. The SMILES string of the molecule is Cc1cc(NCCCCN2CCC(C)CC2)c(C#N)c(C)n1. The van der Waals surface area contributed by atoms with Gasteiger partial charge in [-0.1, -0.05) is 6.92 Å². The van der Waals surface area contributed by atoms with Gasteiger partial charge in [0.15, 0.2) is 0 Å². The van der Waals surface area contributed by atoms with Crippen LogP contribution in [0.1, 0.15) is 49.6 Å². The largest absolute Gasteiger partial charge is 0.384 e. The highest BCUT2D eigenvalue weighted by molar-refractivity contribution is 5.59. The van der Waals surface area contributed by atoms with E-state index in [0.29, 0.717) is 5.56 Å². The molecule has 4 nitrogen and oxygen atoms in total. The van der Waals surface area contributed by atoms with Crippen LogP contribution >= 0.6 is 0 Å². The molecule has 120 valence electrons. The van der Waals surface area contributed by atoms with Gasteiger partial charge in [0.25, 0.3) is 0 Å². The lowest BCUT2D eigenvalue weighted by Gasteiger charge is -2.30.